The predicted molar refractivity (Wildman–Crippen MR) is 82.5 cm³/mol. The molecule has 0 bridgehead atoms. The van der Waals surface area contributed by atoms with Crippen LogP contribution in [0.25, 0.3) is 0 Å². The maximum Gasteiger partial charge on any atom is 0.368 e. The topological polar surface area (TPSA) is 57.7 Å². The second-order valence-electron chi connectivity index (χ2n) is 4.50. The molecule has 0 spiro atoms. The van der Waals surface area contributed by atoms with Crippen molar-refractivity contribution in [1.29, 1.82) is 0 Å². The monoisotopic (exact) mass is 399 g/mol. The summed E-state index contributed by atoms with van der Waals surface area (Å²) in [5, 5.41) is 0. The van der Waals surface area contributed by atoms with Gasteiger partial charge in [0.05, 0.1) is 15.8 Å². The van der Waals surface area contributed by atoms with Gasteiger partial charge in [-0.25, -0.2) is 0 Å². The summed E-state index contributed by atoms with van der Waals surface area (Å²) in [5.74, 6) is 0.621. The highest BCUT2D eigenvalue weighted by Gasteiger charge is 2.29. The van der Waals surface area contributed by atoms with Crippen molar-refractivity contribution in [2.45, 2.75) is 39.9 Å². The minimum Gasteiger partial charge on any atom is -0.480 e. The van der Waals surface area contributed by atoms with Crippen molar-refractivity contribution in [2.24, 2.45) is 0 Å². The second-order valence-corrected chi connectivity index (χ2v) is 7.56. The maximum absolute atomic E-state index is 12.5. The molecule has 1 aromatic rings. The van der Waals surface area contributed by atoms with E-state index in [1.807, 2.05) is 27.7 Å². The van der Waals surface area contributed by atoms with E-state index >= 15 is 0 Å². The number of hydrogen-bond acceptors (Lipinski definition) is 5. The molecule has 0 amide bonds. The molecule has 0 aliphatic carbocycles. The van der Waals surface area contributed by atoms with Crippen molar-refractivity contribution in [3.8, 4) is 5.75 Å². The van der Waals surface area contributed by atoms with Crippen molar-refractivity contribution in [3.63, 3.8) is 0 Å². The van der Waals surface area contributed by atoms with E-state index in [4.69, 9.17) is 13.8 Å². The van der Waals surface area contributed by atoms with Gasteiger partial charge >= 0.3 is 7.60 Å². The lowest BCUT2D eigenvalue weighted by molar-refractivity contribution is 0.129. The van der Waals surface area contributed by atoms with Gasteiger partial charge in [0.2, 0.25) is 0 Å². The summed E-state index contributed by atoms with van der Waals surface area (Å²) in [6, 6.07) is 1.72. The number of aromatic nitrogens is 1. The Morgan fingerprint density at radius 1 is 1.26 bits per heavy atom. The van der Waals surface area contributed by atoms with Gasteiger partial charge in [-0.1, -0.05) is 0 Å². The van der Waals surface area contributed by atoms with Crippen LogP contribution in [0, 0.1) is 3.57 Å². The first-order valence-electron chi connectivity index (χ1n) is 6.00. The minimum atomic E-state index is -3.26. The van der Waals surface area contributed by atoms with Crippen LogP contribution in [0.2, 0.25) is 0 Å². The second kappa shape index (κ2) is 7.57. The number of hydrogen-bond donors (Lipinski definition) is 0. The first kappa shape index (κ1) is 16.9. The molecule has 0 saturated carbocycles. The van der Waals surface area contributed by atoms with Gasteiger partial charge in [-0.2, -0.15) is 0 Å². The minimum absolute atomic E-state index is 0.108. The van der Waals surface area contributed by atoms with Crippen LogP contribution in [-0.2, 0) is 13.6 Å². The summed E-state index contributed by atoms with van der Waals surface area (Å²) in [6.07, 6.45) is 2.81. The average Bonchev–Trinajstić information content (AvgIpc) is 2.25. The Kier molecular flexibility index (Phi) is 6.73. The Balaban J connectivity index is 2.73. The third-order valence-corrected chi connectivity index (χ3v) is 4.60. The molecule has 0 fully saturated rings. The van der Waals surface area contributed by atoms with Crippen molar-refractivity contribution in [3.05, 3.63) is 22.0 Å². The Morgan fingerprint density at radius 2 is 1.84 bits per heavy atom. The number of halogens is 1. The van der Waals surface area contributed by atoms with Gasteiger partial charge < -0.3 is 13.8 Å². The zero-order valence-electron chi connectivity index (χ0n) is 11.5. The van der Waals surface area contributed by atoms with E-state index in [9.17, 15) is 4.57 Å². The molecular weight excluding hydrogens is 380 g/mol. The highest BCUT2D eigenvalue weighted by Crippen LogP contribution is 2.50. The van der Waals surface area contributed by atoms with Crippen LogP contribution in [0.1, 0.15) is 27.7 Å². The summed E-state index contributed by atoms with van der Waals surface area (Å²) in [6.45, 7) is 7.25. The van der Waals surface area contributed by atoms with Crippen molar-refractivity contribution >= 4 is 30.2 Å². The molecule has 0 unspecified atom stereocenters. The van der Waals surface area contributed by atoms with Gasteiger partial charge in [-0.15, -0.1) is 0 Å². The maximum atomic E-state index is 12.5. The fraction of sp³-hybridized carbons (Fsp3) is 0.583. The smallest absolute Gasteiger partial charge is 0.368 e. The molecule has 0 aliphatic rings. The van der Waals surface area contributed by atoms with E-state index in [2.05, 4.69) is 27.6 Å². The Morgan fingerprint density at radius 3 is 2.32 bits per heavy atom. The molecule has 0 aliphatic heterocycles. The summed E-state index contributed by atoms with van der Waals surface area (Å²) >= 11 is 2.10. The summed E-state index contributed by atoms with van der Waals surface area (Å²) in [7, 11) is -3.26. The molecule has 0 aromatic carbocycles. The van der Waals surface area contributed by atoms with Gasteiger partial charge in [-0.05, 0) is 56.4 Å². The van der Waals surface area contributed by atoms with Crippen molar-refractivity contribution < 1.29 is 18.3 Å². The van der Waals surface area contributed by atoms with E-state index in [1.165, 1.54) is 0 Å². The van der Waals surface area contributed by atoms with Crippen molar-refractivity contribution in [2.75, 3.05) is 6.35 Å². The number of pyridine rings is 1. The van der Waals surface area contributed by atoms with Gasteiger partial charge in [0.1, 0.15) is 5.75 Å². The molecule has 1 aromatic heterocycles. The molecule has 108 valence electrons. The third kappa shape index (κ3) is 6.21. The van der Waals surface area contributed by atoms with Crippen LogP contribution in [0.5, 0.6) is 5.75 Å². The molecule has 1 rings (SSSR count). The van der Waals surface area contributed by atoms with E-state index in [1.54, 1.807) is 18.5 Å². The average molecular weight is 399 g/mol. The number of ether oxygens (including phenoxy) is 1. The molecule has 7 heteroatoms. The third-order valence-electron chi connectivity index (χ3n) is 1.86. The van der Waals surface area contributed by atoms with E-state index < -0.39 is 7.60 Å². The molecule has 19 heavy (non-hydrogen) atoms. The van der Waals surface area contributed by atoms with Crippen LogP contribution in [0.15, 0.2) is 18.5 Å². The highest BCUT2D eigenvalue weighted by molar-refractivity contribution is 14.1. The molecule has 1 heterocycles. The molecule has 0 N–H and O–H groups in total. The van der Waals surface area contributed by atoms with Gasteiger partial charge in [0.15, 0.2) is 6.35 Å². The van der Waals surface area contributed by atoms with Crippen LogP contribution in [0.3, 0.4) is 0 Å². The molecule has 5 nitrogen and oxygen atoms in total. The first-order chi connectivity index (χ1) is 8.82. The van der Waals surface area contributed by atoms with Gasteiger partial charge in [0.25, 0.3) is 0 Å². The van der Waals surface area contributed by atoms with E-state index in [0.717, 1.165) is 3.57 Å². The largest absolute Gasteiger partial charge is 0.480 e. The number of nitrogens with zero attached hydrogens (tertiary/aromatic N) is 1. The lowest BCUT2D eigenvalue weighted by Crippen LogP contribution is -2.13. The van der Waals surface area contributed by atoms with Crippen LogP contribution in [0.4, 0.5) is 0 Å². The zero-order valence-corrected chi connectivity index (χ0v) is 14.6. The van der Waals surface area contributed by atoms with Crippen LogP contribution >= 0.6 is 30.2 Å². The number of rotatable bonds is 7. The van der Waals surface area contributed by atoms with Crippen LogP contribution < -0.4 is 4.74 Å². The van der Waals surface area contributed by atoms with E-state index in [-0.39, 0.29) is 18.6 Å². The molecule has 0 atom stereocenters. The summed E-state index contributed by atoms with van der Waals surface area (Å²) in [5.41, 5.74) is 0. The fourth-order valence-electron chi connectivity index (χ4n) is 1.36. The normalized spacial score (nSPS) is 12.2. The molecule has 0 saturated heterocycles. The quantitative estimate of drug-likeness (QED) is 0.511. The fourth-order valence-corrected chi connectivity index (χ4v) is 3.61. The Labute approximate surface area is 127 Å². The molecule has 0 radical (unpaired) electrons. The van der Waals surface area contributed by atoms with Crippen molar-refractivity contribution in [1.82, 2.24) is 4.98 Å². The summed E-state index contributed by atoms with van der Waals surface area (Å²) in [4.78, 5) is 3.97. The predicted octanol–water partition coefficient (Wildman–Crippen LogP) is 4.07. The summed E-state index contributed by atoms with van der Waals surface area (Å²) < 4.78 is 29.7. The molecular formula is C12H19INO4P. The standard InChI is InChI=1S/C12H19INO4P/c1-9(2)17-19(15,18-10(3)4)8-16-12-5-6-14-7-11(12)13/h5-7,9-10H,8H2,1-4H3. The Bertz CT molecular complexity index is 439. The Hall–Kier alpha value is -0.170. The first-order valence-corrected chi connectivity index (χ1v) is 8.81. The SMILES string of the molecule is CC(C)OP(=O)(COc1ccncc1I)OC(C)C. The van der Waals surface area contributed by atoms with E-state index in [0.29, 0.717) is 5.75 Å². The van der Waals surface area contributed by atoms with Gasteiger partial charge in [-0.3, -0.25) is 9.55 Å². The van der Waals surface area contributed by atoms with Crippen LogP contribution in [-0.4, -0.2) is 23.5 Å². The van der Waals surface area contributed by atoms with Gasteiger partial charge in [0, 0.05) is 12.4 Å². The lowest BCUT2D eigenvalue weighted by Gasteiger charge is -2.22. The lowest BCUT2D eigenvalue weighted by atomic mass is 10.5. The zero-order chi connectivity index (χ0) is 14.5. The highest BCUT2D eigenvalue weighted by atomic mass is 127.